The van der Waals surface area contributed by atoms with Crippen molar-refractivity contribution in [2.45, 2.75) is 33.1 Å². The molecule has 0 aromatic heterocycles. The highest BCUT2D eigenvalue weighted by molar-refractivity contribution is 7.89. The summed E-state index contributed by atoms with van der Waals surface area (Å²) in [5.74, 6) is 0.857. The van der Waals surface area contributed by atoms with Crippen LogP contribution in [0.1, 0.15) is 33.3 Å². The van der Waals surface area contributed by atoms with Crippen LogP contribution in [0, 0.1) is 0 Å². The highest BCUT2D eigenvalue weighted by atomic mass is 32.2. The van der Waals surface area contributed by atoms with Crippen LogP contribution in [0.4, 0.5) is 0 Å². The Kier molecular flexibility index (Phi) is 5.38. The molecule has 0 aliphatic heterocycles. The summed E-state index contributed by atoms with van der Waals surface area (Å²) in [5, 5.41) is 0. The molecule has 0 amide bonds. The highest BCUT2D eigenvalue weighted by Crippen LogP contribution is 2.25. The second-order valence-corrected chi connectivity index (χ2v) is 7.52. The van der Waals surface area contributed by atoms with Crippen LogP contribution < -0.4 is 9.46 Å². The van der Waals surface area contributed by atoms with Crippen LogP contribution in [-0.2, 0) is 15.4 Å². The third-order valence-electron chi connectivity index (χ3n) is 2.77. The number of sulfonamides is 1. The summed E-state index contributed by atoms with van der Waals surface area (Å²) in [6, 6.07) is 7.89. The lowest BCUT2D eigenvalue weighted by atomic mass is 9.87. The summed E-state index contributed by atoms with van der Waals surface area (Å²) in [7, 11) is -3.14. The maximum absolute atomic E-state index is 11.2. The monoisotopic (exact) mass is 285 g/mol. The highest BCUT2D eigenvalue weighted by Gasteiger charge is 2.13. The first-order valence-electron chi connectivity index (χ1n) is 6.45. The zero-order valence-corrected chi connectivity index (χ0v) is 12.9. The van der Waals surface area contributed by atoms with E-state index in [0.717, 1.165) is 5.75 Å². The molecule has 0 aliphatic carbocycles. The molecular weight excluding hydrogens is 262 g/mol. The molecule has 0 bridgehead atoms. The van der Waals surface area contributed by atoms with Crippen LogP contribution in [0.15, 0.2) is 24.3 Å². The lowest BCUT2D eigenvalue weighted by Crippen LogP contribution is -2.29. The van der Waals surface area contributed by atoms with Crippen LogP contribution in [0.3, 0.4) is 0 Å². The average molecular weight is 285 g/mol. The van der Waals surface area contributed by atoms with Gasteiger partial charge >= 0.3 is 0 Å². The van der Waals surface area contributed by atoms with E-state index in [-0.39, 0.29) is 17.7 Å². The van der Waals surface area contributed by atoms with Crippen molar-refractivity contribution in [1.82, 2.24) is 4.72 Å². The van der Waals surface area contributed by atoms with Crippen molar-refractivity contribution >= 4 is 10.0 Å². The normalized spacial score (nSPS) is 12.4. The van der Waals surface area contributed by atoms with E-state index in [1.165, 1.54) is 5.56 Å². The van der Waals surface area contributed by atoms with Gasteiger partial charge in [-0.15, -0.1) is 0 Å². The fourth-order valence-corrected chi connectivity index (χ4v) is 2.12. The van der Waals surface area contributed by atoms with Crippen LogP contribution in [-0.4, -0.2) is 27.3 Å². The van der Waals surface area contributed by atoms with Gasteiger partial charge in [0.2, 0.25) is 10.0 Å². The SMILES string of the molecule is CCS(=O)(=O)NCCOc1cccc(C(C)(C)C)c1. The number of rotatable bonds is 6. The third kappa shape index (κ3) is 5.61. The van der Waals surface area contributed by atoms with Crippen LogP contribution >= 0.6 is 0 Å². The van der Waals surface area contributed by atoms with Crippen LogP contribution in [0.5, 0.6) is 5.75 Å². The van der Waals surface area contributed by atoms with E-state index in [1.807, 2.05) is 18.2 Å². The molecule has 0 heterocycles. The summed E-state index contributed by atoms with van der Waals surface area (Å²) in [5.41, 5.74) is 1.27. The largest absolute Gasteiger partial charge is 0.492 e. The minimum atomic E-state index is -3.14. The molecule has 0 spiro atoms. The first-order chi connectivity index (χ1) is 8.74. The smallest absolute Gasteiger partial charge is 0.211 e. The van der Waals surface area contributed by atoms with Crippen molar-refractivity contribution in [1.29, 1.82) is 0 Å². The fourth-order valence-electron chi connectivity index (χ4n) is 1.52. The van der Waals surface area contributed by atoms with Gasteiger partial charge < -0.3 is 4.74 Å². The Balaban J connectivity index is 2.51. The summed E-state index contributed by atoms with van der Waals surface area (Å²) < 4.78 is 30.5. The van der Waals surface area contributed by atoms with Gasteiger partial charge in [0.15, 0.2) is 0 Å². The predicted molar refractivity (Wildman–Crippen MR) is 78.1 cm³/mol. The summed E-state index contributed by atoms with van der Waals surface area (Å²) in [6.07, 6.45) is 0. The van der Waals surface area contributed by atoms with Gasteiger partial charge in [-0.05, 0) is 30.0 Å². The van der Waals surface area contributed by atoms with Crippen molar-refractivity contribution in [2.24, 2.45) is 0 Å². The summed E-state index contributed by atoms with van der Waals surface area (Å²) >= 11 is 0. The number of nitrogens with one attached hydrogen (secondary N) is 1. The molecule has 0 atom stereocenters. The Labute approximate surface area is 116 Å². The Morgan fingerprint density at radius 1 is 1.26 bits per heavy atom. The van der Waals surface area contributed by atoms with Gasteiger partial charge in [-0.3, -0.25) is 0 Å². The van der Waals surface area contributed by atoms with Crippen molar-refractivity contribution in [3.8, 4) is 5.75 Å². The van der Waals surface area contributed by atoms with Gasteiger partial charge in [-0.1, -0.05) is 32.9 Å². The second-order valence-electron chi connectivity index (χ2n) is 5.42. The maximum atomic E-state index is 11.2. The second kappa shape index (κ2) is 6.39. The molecule has 1 aromatic rings. The van der Waals surface area contributed by atoms with Gasteiger partial charge in [0, 0.05) is 6.54 Å². The van der Waals surface area contributed by atoms with Gasteiger partial charge in [-0.25, -0.2) is 13.1 Å². The lowest BCUT2D eigenvalue weighted by molar-refractivity contribution is 0.322. The molecule has 19 heavy (non-hydrogen) atoms. The van der Waals surface area contributed by atoms with Gasteiger partial charge in [0.05, 0.1) is 5.75 Å². The Morgan fingerprint density at radius 2 is 1.95 bits per heavy atom. The van der Waals surface area contributed by atoms with E-state index in [9.17, 15) is 8.42 Å². The maximum Gasteiger partial charge on any atom is 0.211 e. The number of hydrogen-bond acceptors (Lipinski definition) is 3. The number of hydrogen-bond donors (Lipinski definition) is 1. The van der Waals surface area contributed by atoms with E-state index < -0.39 is 10.0 Å². The van der Waals surface area contributed by atoms with E-state index in [2.05, 4.69) is 31.6 Å². The van der Waals surface area contributed by atoms with Crippen LogP contribution in [0.2, 0.25) is 0 Å². The molecule has 5 heteroatoms. The van der Waals surface area contributed by atoms with Gasteiger partial charge in [0.1, 0.15) is 12.4 Å². The summed E-state index contributed by atoms with van der Waals surface area (Å²) in [6.45, 7) is 8.64. The standard InChI is InChI=1S/C14H23NO3S/c1-5-19(16,17)15-9-10-18-13-8-6-7-12(11-13)14(2,3)4/h6-8,11,15H,5,9-10H2,1-4H3. The molecular formula is C14H23NO3S. The van der Waals surface area contributed by atoms with E-state index in [1.54, 1.807) is 6.92 Å². The van der Waals surface area contributed by atoms with Gasteiger partial charge in [0.25, 0.3) is 0 Å². The first-order valence-corrected chi connectivity index (χ1v) is 8.10. The topological polar surface area (TPSA) is 55.4 Å². The molecule has 0 unspecified atom stereocenters. The molecule has 1 rings (SSSR count). The van der Waals surface area contributed by atoms with Crippen molar-refractivity contribution < 1.29 is 13.2 Å². The molecule has 0 fully saturated rings. The van der Waals surface area contributed by atoms with Crippen molar-refractivity contribution in [3.63, 3.8) is 0 Å². The fraction of sp³-hybridized carbons (Fsp3) is 0.571. The van der Waals surface area contributed by atoms with Crippen molar-refractivity contribution in [3.05, 3.63) is 29.8 Å². The minimum absolute atomic E-state index is 0.0726. The molecule has 0 radical (unpaired) electrons. The lowest BCUT2D eigenvalue weighted by Gasteiger charge is -2.19. The van der Waals surface area contributed by atoms with Crippen molar-refractivity contribution in [2.75, 3.05) is 18.9 Å². The van der Waals surface area contributed by atoms with E-state index >= 15 is 0 Å². The Morgan fingerprint density at radius 3 is 2.53 bits per heavy atom. The zero-order valence-electron chi connectivity index (χ0n) is 12.1. The quantitative estimate of drug-likeness (QED) is 0.816. The minimum Gasteiger partial charge on any atom is -0.492 e. The molecule has 0 saturated heterocycles. The Hall–Kier alpha value is -1.07. The molecule has 1 N–H and O–H groups in total. The molecule has 4 nitrogen and oxygen atoms in total. The molecule has 0 saturated carbocycles. The van der Waals surface area contributed by atoms with E-state index in [0.29, 0.717) is 6.61 Å². The third-order valence-corrected chi connectivity index (χ3v) is 4.18. The summed E-state index contributed by atoms with van der Waals surface area (Å²) in [4.78, 5) is 0. The number of benzene rings is 1. The average Bonchev–Trinajstić information content (AvgIpc) is 2.34. The predicted octanol–water partition coefficient (Wildman–Crippen LogP) is 2.30. The first kappa shape index (κ1) is 16.0. The van der Waals surface area contributed by atoms with Gasteiger partial charge in [-0.2, -0.15) is 0 Å². The number of ether oxygens (including phenoxy) is 1. The zero-order chi connectivity index (χ0) is 14.5. The molecule has 0 aliphatic rings. The Bertz CT molecular complexity index is 504. The van der Waals surface area contributed by atoms with E-state index in [4.69, 9.17) is 4.74 Å². The molecule has 1 aromatic carbocycles. The molecule has 108 valence electrons. The van der Waals surface area contributed by atoms with Crippen LogP contribution in [0.25, 0.3) is 0 Å².